The Hall–Kier alpha value is -3.28. The molecule has 0 atom stereocenters. The molecule has 4 nitrogen and oxygen atoms in total. The number of hydrogen-bond donors (Lipinski definition) is 2. The molecule has 0 saturated carbocycles. The zero-order chi connectivity index (χ0) is 19.4. The van der Waals surface area contributed by atoms with Gasteiger partial charge in [0, 0.05) is 11.3 Å². The summed E-state index contributed by atoms with van der Waals surface area (Å²) in [5.74, 6) is -1.51. The van der Waals surface area contributed by atoms with Crippen LogP contribution in [0.15, 0.2) is 60.8 Å². The van der Waals surface area contributed by atoms with Crippen LogP contribution in [0.4, 0.5) is 26.0 Å². The van der Waals surface area contributed by atoms with E-state index in [9.17, 15) is 13.6 Å². The molecule has 0 aliphatic heterocycles. The number of anilines is 3. The number of carbonyl (C=O) groups excluding carboxylic acids is 1. The molecule has 0 spiro atoms. The van der Waals surface area contributed by atoms with Crippen LogP contribution < -0.4 is 10.6 Å². The normalized spacial score (nSPS) is 10.7. The van der Waals surface area contributed by atoms with E-state index in [4.69, 9.17) is 0 Å². The van der Waals surface area contributed by atoms with E-state index in [0.29, 0.717) is 17.4 Å². The van der Waals surface area contributed by atoms with Crippen LogP contribution in [0.1, 0.15) is 35.7 Å². The smallest absolute Gasteiger partial charge is 0.255 e. The second-order valence-corrected chi connectivity index (χ2v) is 6.42. The summed E-state index contributed by atoms with van der Waals surface area (Å²) in [6.07, 6.45) is 1.49. The highest BCUT2D eigenvalue weighted by Crippen LogP contribution is 2.20. The number of nitrogens with one attached hydrogen (secondary N) is 2. The molecule has 0 bridgehead atoms. The lowest BCUT2D eigenvalue weighted by Gasteiger charge is -2.10. The molecule has 1 amide bonds. The van der Waals surface area contributed by atoms with Gasteiger partial charge in [-0.25, -0.2) is 13.8 Å². The van der Waals surface area contributed by atoms with Crippen LogP contribution in [0.3, 0.4) is 0 Å². The quantitative estimate of drug-likeness (QED) is 0.628. The molecule has 0 aliphatic rings. The zero-order valence-corrected chi connectivity index (χ0v) is 15.0. The highest BCUT2D eigenvalue weighted by molar-refractivity contribution is 6.04. The van der Waals surface area contributed by atoms with Gasteiger partial charge in [0.2, 0.25) is 0 Å². The predicted molar refractivity (Wildman–Crippen MR) is 102 cm³/mol. The van der Waals surface area contributed by atoms with Crippen LogP contribution in [0, 0.1) is 11.6 Å². The molecule has 0 fully saturated rings. The fourth-order valence-corrected chi connectivity index (χ4v) is 2.48. The highest BCUT2D eigenvalue weighted by atomic mass is 19.2. The highest BCUT2D eigenvalue weighted by Gasteiger charge is 2.10. The predicted octanol–water partition coefficient (Wildman–Crippen LogP) is 5.48. The van der Waals surface area contributed by atoms with Crippen LogP contribution in [-0.4, -0.2) is 10.9 Å². The summed E-state index contributed by atoms with van der Waals surface area (Å²) < 4.78 is 26.2. The van der Waals surface area contributed by atoms with Crippen molar-refractivity contribution in [3.05, 3.63) is 83.6 Å². The van der Waals surface area contributed by atoms with Gasteiger partial charge in [-0.2, -0.15) is 0 Å². The van der Waals surface area contributed by atoms with Gasteiger partial charge < -0.3 is 10.6 Å². The Balaban J connectivity index is 1.64. The average Bonchev–Trinajstić information content (AvgIpc) is 2.66. The fraction of sp³-hybridized carbons (Fsp3) is 0.143. The molecule has 0 saturated heterocycles. The van der Waals surface area contributed by atoms with Gasteiger partial charge in [-0.15, -0.1) is 0 Å². The SMILES string of the molecule is CC(C)c1ccc(Nc2ccc(NC(=O)c3ccc(F)c(F)c3)cn2)cc1. The van der Waals surface area contributed by atoms with Crippen LogP contribution in [0.5, 0.6) is 0 Å². The summed E-state index contributed by atoms with van der Waals surface area (Å²) in [6.45, 7) is 4.27. The van der Waals surface area contributed by atoms with Gasteiger partial charge in [0.15, 0.2) is 11.6 Å². The summed E-state index contributed by atoms with van der Waals surface area (Å²) >= 11 is 0. The number of nitrogens with zero attached hydrogens (tertiary/aromatic N) is 1. The first kappa shape index (κ1) is 18.5. The number of aromatic nitrogens is 1. The molecule has 0 radical (unpaired) electrons. The van der Waals surface area contributed by atoms with Crippen molar-refractivity contribution in [3.63, 3.8) is 0 Å². The number of benzene rings is 2. The first-order chi connectivity index (χ1) is 12.9. The lowest BCUT2D eigenvalue weighted by atomic mass is 10.0. The Kier molecular flexibility index (Phi) is 5.45. The van der Waals surface area contributed by atoms with E-state index < -0.39 is 17.5 Å². The molecule has 27 heavy (non-hydrogen) atoms. The topological polar surface area (TPSA) is 54.0 Å². The number of hydrogen-bond acceptors (Lipinski definition) is 3. The molecule has 6 heteroatoms. The van der Waals surface area contributed by atoms with Gasteiger partial charge in [-0.05, 0) is 53.9 Å². The Morgan fingerprint density at radius 2 is 1.63 bits per heavy atom. The third kappa shape index (κ3) is 4.67. The molecule has 1 aromatic heterocycles. The van der Waals surface area contributed by atoms with Gasteiger partial charge in [0.25, 0.3) is 5.91 Å². The van der Waals surface area contributed by atoms with Crippen molar-refractivity contribution in [1.29, 1.82) is 0 Å². The summed E-state index contributed by atoms with van der Waals surface area (Å²) in [4.78, 5) is 16.3. The molecular formula is C21H19F2N3O. The van der Waals surface area contributed by atoms with Crippen molar-refractivity contribution >= 4 is 23.1 Å². The minimum atomic E-state index is -1.07. The third-order valence-corrected chi connectivity index (χ3v) is 4.05. The van der Waals surface area contributed by atoms with E-state index in [0.717, 1.165) is 17.8 Å². The molecule has 1 heterocycles. The first-order valence-corrected chi connectivity index (χ1v) is 8.52. The van der Waals surface area contributed by atoms with Gasteiger partial charge >= 0.3 is 0 Å². The monoisotopic (exact) mass is 367 g/mol. The molecule has 0 unspecified atom stereocenters. The molecule has 3 rings (SSSR count). The summed E-state index contributed by atoms with van der Waals surface area (Å²) in [5, 5.41) is 5.78. The van der Waals surface area contributed by atoms with E-state index in [1.807, 2.05) is 12.1 Å². The van der Waals surface area contributed by atoms with Crippen molar-refractivity contribution in [3.8, 4) is 0 Å². The van der Waals surface area contributed by atoms with E-state index in [1.54, 1.807) is 12.1 Å². The van der Waals surface area contributed by atoms with Crippen LogP contribution in [0.2, 0.25) is 0 Å². The largest absolute Gasteiger partial charge is 0.340 e. The first-order valence-electron chi connectivity index (χ1n) is 8.52. The maximum atomic E-state index is 13.2. The van der Waals surface area contributed by atoms with Gasteiger partial charge in [-0.1, -0.05) is 26.0 Å². The van der Waals surface area contributed by atoms with Crippen molar-refractivity contribution in [2.24, 2.45) is 0 Å². The second kappa shape index (κ2) is 7.95. The number of carbonyl (C=O) groups is 1. The second-order valence-electron chi connectivity index (χ2n) is 6.42. The van der Waals surface area contributed by atoms with Gasteiger partial charge in [0.1, 0.15) is 5.82 Å². The van der Waals surface area contributed by atoms with Gasteiger partial charge in [0.05, 0.1) is 11.9 Å². The van der Waals surface area contributed by atoms with Crippen LogP contribution in [-0.2, 0) is 0 Å². The summed E-state index contributed by atoms with van der Waals surface area (Å²) in [7, 11) is 0. The number of amides is 1. The van der Waals surface area contributed by atoms with E-state index in [2.05, 4.69) is 41.6 Å². The Morgan fingerprint density at radius 3 is 2.22 bits per heavy atom. The number of halogens is 2. The van der Waals surface area contributed by atoms with E-state index in [-0.39, 0.29) is 5.56 Å². The minimum Gasteiger partial charge on any atom is -0.340 e. The lowest BCUT2D eigenvalue weighted by molar-refractivity contribution is 0.102. The lowest BCUT2D eigenvalue weighted by Crippen LogP contribution is -2.12. The summed E-state index contributed by atoms with van der Waals surface area (Å²) in [5.41, 5.74) is 2.64. The molecular weight excluding hydrogens is 348 g/mol. The van der Waals surface area contributed by atoms with E-state index in [1.165, 1.54) is 17.8 Å². The van der Waals surface area contributed by atoms with Crippen molar-refractivity contribution in [2.45, 2.75) is 19.8 Å². The molecule has 2 N–H and O–H groups in total. The minimum absolute atomic E-state index is 0.0290. The molecule has 138 valence electrons. The summed E-state index contributed by atoms with van der Waals surface area (Å²) in [6, 6.07) is 14.5. The van der Waals surface area contributed by atoms with Crippen molar-refractivity contribution in [1.82, 2.24) is 4.98 Å². The Bertz CT molecular complexity index is 939. The standard InChI is InChI=1S/C21H19F2N3O/c1-13(2)14-3-6-16(7-4-14)25-20-10-8-17(12-24-20)26-21(27)15-5-9-18(22)19(23)11-15/h3-13H,1-2H3,(H,24,25)(H,26,27). The number of rotatable bonds is 5. The maximum absolute atomic E-state index is 13.2. The van der Waals surface area contributed by atoms with Crippen LogP contribution >= 0.6 is 0 Å². The van der Waals surface area contributed by atoms with Crippen molar-refractivity contribution < 1.29 is 13.6 Å². The van der Waals surface area contributed by atoms with Crippen LogP contribution in [0.25, 0.3) is 0 Å². The molecule has 3 aromatic rings. The Labute approximate surface area is 156 Å². The number of pyridine rings is 1. The average molecular weight is 367 g/mol. The van der Waals surface area contributed by atoms with Crippen molar-refractivity contribution in [2.75, 3.05) is 10.6 Å². The zero-order valence-electron chi connectivity index (χ0n) is 15.0. The fourth-order valence-electron chi connectivity index (χ4n) is 2.48. The third-order valence-electron chi connectivity index (χ3n) is 4.05. The molecule has 2 aromatic carbocycles. The van der Waals surface area contributed by atoms with Gasteiger partial charge in [-0.3, -0.25) is 4.79 Å². The maximum Gasteiger partial charge on any atom is 0.255 e. The molecule has 0 aliphatic carbocycles. The van der Waals surface area contributed by atoms with E-state index >= 15 is 0 Å². The Morgan fingerprint density at radius 1 is 0.926 bits per heavy atom.